The highest BCUT2D eigenvalue weighted by atomic mass is 16.6. The van der Waals surface area contributed by atoms with Gasteiger partial charge in [0.1, 0.15) is 5.60 Å². The van der Waals surface area contributed by atoms with Crippen LogP contribution in [-0.4, -0.2) is 35.2 Å². The molecule has 1 amide bonds. The zero-order valence-corrected chi connectivity index (χ0v) is 14.2. The molecule has 1 atom stereocenters. The molecule has 1 aliphatic heterocycles. The van der Waals surface area contributed by atoms with E-state index in [1.807, 2.05) is 44.7 Å². The standard InChI is InChI=1S/C17H26N2O3/c1-12-13(9-10-15(18-12)21-5)14-8-6-7-11-19(14)16(20)22-17(2,3)4/h9-10,14H,6-8,11H2,1-5H3. The van der Waals surface area contributed by atoms with E-state index in [-0.39, 0.29) is 12.1 Å². The normalized spacial score (nSPS) is 19.0. The van der Waals surface area contributed by atoms with E-state index in [1.165, 1.54) is 0 Å². The summed E-state index contributed by atoms with van der Waals surface area (Å²) in [6.07, 6.45) is 2.81. The number of likely N-dealkylation sites (tertiary alicyclic amines) is 1. The van der Waals surface area contributed by atoms with Gasteiger partial charge in [-0.25, -0.2) is 9.78 Å². The molecule has 1 saturated heterocycles. The fraction of sp³-hybridized carbons (Fsp3) is 0.647. The smallest absolute Gasteiger partial charge is 0.410 e. The summed E-state index contributed by atoms with van der Waals surface area (Å²) in [5.41, 5.74) is 1.50. The molecule has 22 heavy (non-hydrogen) atoms. The van der Waals surface area contributed by atoms with Gasteiger partial charge in [-0.15, -0.1) is 0 Å². The first-order chi connectivity index (χ1) is 10.3. The van der Waals surface area contributed by atoms with Crippen LogP contribution in [0.2, 0.25) is 0 Å². The van der Waals surface area contributed by atoms with E-state index in [2.05, 4.69) is 4.98 Å². The van der Waals surface area contributed by atoms with Crippen LogP contribution in [0, 0.1) is 6.92 Å². The van der Waals surface area contributed by atoms with Crippen molar-refractivity contribution in [2.24, 2.45) is 0 Å². The lowest BCUT2D eigenvalue weighted by molar-refractivity contribution is 0.00941. The van der Waals surface area contributed by atoms with Crippen LogP contribution < -0.4 is 4.74 Å². The number of rotatable bonds is 2. The van der Waals surface area contributed by atoms with Crippen LogP contribution in [0.3, 0.4) is 0 Å². The van der Waals surface area contributed by atoms with Gasteiger partial charge >= 0.3 is 6.09 Å². The number of hydrogen-bond acceptors (Lipinski definition) is 4. The van der Waals surface area contributed by atoms with Gasteiger partial charge in [-0.1, -0.05) is 0 Å². The summed E-state index contributed by atoms with van der Waals surface area (Å²) >= 11 is 0. The molecule has 1 fully saturated rings. The number of nitrogens with zero attached hydrogens (tertiary/aromatic N) is 2. The van der Waals surface area contributed by atoms with Crippen molar-refractivity contribution in [2.75, 3.05) is 13.7 Å². The van der Waals surface area contributed by atoms with Crippen LogP contribution in [-0.2, 0) is 4.74 Å². The monoisotopic (exact) mass is 306 g/mol. The zero-order chi connectivity index (χ0) is 16.3. The summed E-state index contributed by atoms with van der Waals surface area (Å²) < 4.78 is 10.7. The predicted octanol–water partition coefficient (Wildman–Crippen LogP) is 3.86. The first kappa shape index (κ1) is 16.6. The maximum absolute atomic E-state index is 12.5. The molecule has 5 heteroatoms. The Bertz CT molecular complexity index is 537. The summed E-state index contributed by atoms with van der Waals surface area (Å²) in [4.78, 5) is 18.8. The zero-order valence-electron chi connectivity index (χ0n) is 14.2. The number of pyridine rings is 1. The van der Waals surface area contributed by atoms with Gasteiger partial charge in [0.05, 0.1) is 13.2 Å². The highest BCUT2D eigenvalue weighted by molar-refractivity contribution is 5.69. The Morgan fingerprint density at radius 1 is 1.32 bits per heavy atom. The molecule has 5 nitrogen and oxygen atoms in total. The maximum Gasteiger partial charge on any atom is 0.410 e. The highest BCUT2D eigenvalue weighted by Crippen LogP contribution is 2.34. The fourth-order valence-corrected chi connectivity index (χ4v) is 2.81. The number of aryl methyl sites for hydroxylation is 1. The third-order valence-corrected chi connectivity index (χ3v) is 3.80. The average Bonchev–Trinajstić information content (AvgIpc) is 2.45. The van der Waals surface area contributed by atoms with Gasteiger partial charge in [0.2, 0.25) is 5.88 Å². The van der Waals surface area contributed by atoms with Crippen molar-refractivity contribution in [3.05, 3.63) is 23.4 Å². The van der Waals surface area contributed by atoms with Gasteiger partial charge in [-0.2, -0.15) is 0 Å². The number of hydrogen-bond donors (Lipinski definition) is 0. The van der Waals surface area contributed by atoms with Crippen molar-refractivity contribution in [1.82, 2.24) is 9.88 Å². The third-order valence-electron chi connectivity index (χ3n) is 3.80. The molecule has 1 aromatic rings. The fourth-order valence-electron chi connectivity index (χ4n) is 2.81. The van der Waals surface area contributed by atoms with E-state index >= 15 is 0 Å². The number of amides is 1. The average molecular weight is 306 g/mol. The van der Waals surface area contributed by atoms with Gasteiger partial charge < -0.3 is 14.4 Å². The Morgan fingerprint density at radius 3 is 2.64 bits per heavy atom. The maximum atomic E-state index is 12.5. The topological polar surface area (TPSA) is 51.7 Å². The number of carbonyl (C=O) groups is 1. The lowest BCUT2D eigenvalue weighted by Gasteiger charge is -2.37. The molecule has 0 N–H and O–H groups in total. The van der Waals surface area contributed by atoms with Gasteiger partial charge in [0.25, 0.3) is 0 Å². The number of ether oxygens (including phenoxy) is 2. The molecule has 0 bridgehead atoms. The predicted molar refractivity (Wildman–Crippen MR) is 85.1 cm³/mol. The van der Waals surface area contributed by atoms with Crippen LogP contribution in [0.4, 0.5) is 4.79 Å². The minimum Gasteiger partial charge on any atom is -0.481 e. The van der Waals surface area contributed by atoms with Gasteiger partial charge in [-0.05, 0) is 58.6 Å². The second-order valence-electron chi connectivity index (χ2n) is 6.71. The molecular weight excluding hydrogens is 280 g/mol. The summed E-state index contributed by atoms with van der Waals surface area (Å²) in [7, 11) is 1.61. The lowest BCUT2D eigenvalue weighted by atomic mass is 9.95. The Hall–Kier alpha value is -1.78. The summed E-state index contributed by atoms with van der Waals surface area (Å²) in [6.45, 7) is 8.36. The molecule has 0 spiro atoms. The largest absolute Gasteiger partial charge is 0.481 e. The van der Waals surface area contributed by atoms with Crippen LogP contribution in [0.5, 0.6) is 5.88 Å². The van der Waals surface area contributed by atoms with E-state index in [0.717, 1.165) is 37.1 Å². The molecule has 2 rings (SSSR count). The minimum atomic E-state index is -0.480. The Morgan fingerprint density at radius 2 is 2.05 bits per heavy atom. The van der Waals surface area contributed by atoms with Crippen LogP contribution >= 0.6 is 0 Å². The first-order valence-electron chi connectivity index (χ1n) is 7.83. The summed E-state index contributed by atoms with van der Waals surface area (Å²) in [6, 6.07) is 3.89. The second kappa shape index (κ2) is 6.55. The molecule has 0 aliphatic carbocycles. The lowest BCUT2D eigenvalue weighted by Crippen LogP contribution is -2.42. The van der Waals surface area contributed by atoms with Crippen LogP contribution in [0.25, 0.3) is 0 Å². The highest BCUT2D eigenvalue weighted by Gasteiger charge is 2.32. The van der Waals surface area contributed by atoms with Crippen molar-refractivity contribution >= 4 is 6.09 Å². The number of aromatic nitrogens is 1. The second-order valence-corrected chi connectivity index (χ2v) is 6.71. The quantitative estimate of drug-likeness (QED) is 0.832. The number of methoxy groups -OCH3 is 1. The van der Waals surface area contributed by atoms with E-state index in [0.29, 0.717) is 5.88 Å². The Balaban J connectivity index is 2.24. The van der Waals surface area contributed by atoms with Gasteiger partial charge in [0, 0.05) is 18.3 Å². The molecule has 1 unspecified atom stereocenters. The number of carbonyl (C=O) groups excluding carboxylic acids is 1. The molecular formula is C17H26N2O3. The Labute approximate surface area is 132 Å². The summed E-state index contributed by atoms with van der Waals surface area (Å²) in [5, 5.41) is 0. The molecule has 1 aliphatic rings. The van der Waals surface area contributed by atoms with Gasteiger partial charge in [0.15, 0.2) is 0 Å². The SMILES string of the molecule is COc1ccc(C2CCCCN2C(=O)OC(C)(C)C)c(C)n1. The number of piperidine rings is 1. The molecule has 2 heterocycles. The van der Waals surface area contributed by atoms with Crippen molar-refractivity contribution in [1.29, 1.82) is 0 Å². The molecule has 0 aromatic carbocycles. The van der Waals surface area contributed by atoms with Gasteiger partial charge in [-0.3, -0.25) is 0 Å². The molecule has 0 radical (unpaired) electrons. The Kier molecular flexibility index (Phi) is 4.94. The van der Waals surface area contributed by atoms with E-state index in [9.17, 15) is 4.79 Å². The minimum absolute atomic E-state index is 0.0296. The van der Waals surface area contributed by atoms with Crippen LogP contribution in [0.1, 0.15) is 57.3 Å². The van der Waals surface area contributed by atoms with E-state index < -0.39 is 5.60 Å². The van der Waals surface area contributed by atoms with Crippen molar-refractivity contribution in [3.63, 3.8) is 0 Å². The molecule has 0 saturated carbocycles. The van der Waals surface area contributed by atoms with Crippen molar-refractivity contribution in [2.45, 2.75) is 58.6 Å². The third kappa shape index (κ3) is 3.90. The molecule has 1 aromatic heterocycles. The first-order valence-corrected chi connectivity index (χ1v) is 7.83. The van der Waals surface area contributed by atoms with Crippen molar-refractivity contribution < 1.29 is 14.3 Å². The van der Waals surface area contributed by atoms with E-state index in [4.69, 9.17) is 9.47 Å². The van der Waals surface area contributed by atoms with Crippen molar-refractivity contribution in [3.8, 4) is 5.88 Å². The molecule has 122 valence electrons. The summed E-state index contributed by atoms with van der Waals surface area (Å²) in [5.74, 6) is 0.598. The van der Waals surface area contributed by atoms with Crippen LogP contribution in [0.15, 0.2) is 12.1 Å². The van der Waals surface area contributed by atoms with E-state index in [1.54, 1.807) is 7.11 Å².